The molecule has 0 saturated carbocycles. The molecule has 0 unspecified atom stereocenters. The van der Waals surface area contributed by atoms with Crippen LogP contribution in [-0.2, 0) is 26.2 Å². The fourth-order valence-electron chi connectivity index (χ4n) is 4.33. The van der Waals surface area contributed by atoms with Gasteiger partial charge in [0.25, 0.3) is 10.0 Å². The zero-order chi connectivity index (χ0) is 29.0. The van der Waals surface area contributed by atoms with Gasteiger partial charge in [-0.2, -0.15) is 0 Å². The molecule has 9 heteroatoms. The number of carbonyl (C=O) groups excluding carboxylic acids is 2. The molecule has 0 aliphatic heterocycles. The number of hydrogen-bond acceptors (Lipinski definition) is 5. The summed E-state index contributed by atoms with van der Waals surface area (Å²) in [5.74, 6) is -0.168. The van der Waals surface area contributed by atoms with E-state index in [1.807, 2.05) is 51.1 Å². The van der Waals surface area contributed by atoms with Gasteiger partial charge >= 0.3 is 0 Å². The van der Waals surface area contributed by atoms with Crippen LogP contribution in [0, 0.1) is 0 Å². The van der Waals surface area contributed by atoms with E-state index >= 15 is 0 Å². The lowest BCUT2D eigenvalue weighted by molar-refractivity contribution is -0.140. The predicted octanol–water partition coefficient (Wildman–Crippen LogP) is 5.00. The lowest BCUT2D eigenvalue weighted by atomic mass is 10.1. The smallest absolute Gasteiger partial charge is 0.264 e. The number of sulfonamides is 1. The first-order valence-electron chi connectivity index (χ1n) is 13.7. The second-order valence-electron chi connectivity index (χ2n) is 9.33. The van der Waals surface area contributed by atoms with E-state index in [-0.39, 0.29) is 17.3 Å². The van der Waals surface area contributed by atoms with Crippen molar-refractivity contribution >= 4 is 27.5 Å². The second kappa shape index (κ2) is 15.1. The summed E-state index contributed by atoms with van der Waals surface area (Å²) in [6.45, 7) is 6.41. The molecule has 0 fully saturated rings. The molecule has 3 rings (SSSR count). The van der Waals surface area contributed by atoms with E-state index in [0.717, 1.165) is 22.7 Å². The first-order chi connectivity index (χ1) is 19.3. The highest BCUT2D eigenvalue weighted by atomic mass is 32.2. The van der Waals surface area contributed by atoms with Crippen molar-refractivity contribution < 1.29 is 22.7 Å². The van der Waals surface area contributed by atoms with Gasteiger partial charge in [0.1, 0.15) is 18.3 Å². The summed E-state index contributed by atoms with van der Waals surface area (Å²) in [4.78, 5) is 28.7. The maximum atomic E-state index is 14.0. The van der Waals surface area contributed by atoms with Crippen LogP contribution in [0.25, 0.3) is 0 Å². The number of ether oxygens (including phenoxy) is 1. The molecule has 40 heavy (non-hydrogen) atoms. The average molecular weight is 566 g/mol. The molecule has 2 amide bonds. The quantitative estimate of drug-likeness (QED) is 0.262. The first-order valence-corrected chi connectivity index (χ1v) is 15.2. The molecular formula is C31H39N3O5S. The summed E-state index contributed by atoms with van der Waals surface area (Å²) in [6, 6.07) is 23.3. The Hall–Kier alpha value is -3.85. The van der Waals surface area contributed by atoms with Crippen LogP contribution in [0.1, 0.15) is 45.6 Å². The summed E-state index contributed by atoms with van der Waals surface area (Å²) in [6.07, 6.45) is 2.14. The molecule has 214 valence electrons. The topological polar surface area (TPSA) is 96.0 Å². The second-order valence-corrected chi connectivity index (χ2v) is 11.2. The van der Waals surface area contributed by atoms with Gasteiger partial charge < -0.3 is 15.0 Å². The molecule has 0 bridgehead atoms. The molecule has 0 spiro atoms. The van der Waals surface area contributed by atoms with E-state index in [2.05, 4.69) is 5.32 Å². The zero-order valence-corrected chi connectivity index (χ0v) is 24.3. The predicted molar refractivity (Wildman–Crippen MR) is 158 cm³/mol. The molecule has 3 aromatic rings. The summed E-state index contributed by atoms with van der Waals surface area (Å²) in [5, 5.41) is 2.94. The number of unbranched alkanes of at least 4 members (excludes halogenated alkanes) is 1. The summed E-state index contributed by atoms with van der Waals surface area (Å²) in [7, 11) is -4.13. The number of hydrogen-bond donors (Lipinski definition) is 1. The third kappa shape index (κ3) is 8.08. The maximum Gasteiger partial charge on any atom is 0.264 e. The molecule has 0 saturated heterocycles. The third-order valence-electron chi connectivity index (χ3n) is 6.46. The van der Waals surface area contributed by atoms with Gasteiger partial charge in [0.15, 0.2) is 0 Å². The van der Waals surface area contributed by atoms with E-state index in [1.165, 1.54) is 17.0 Å². The Morgan fingerprint density at radius 2 is 1.50 bits per heavy atom. The Bertz CT molecular complexity index is 1320. The van der Waals surface area contributed by atoms with Crippen molar-refractivity contribution in [2.45, 2.75) is 57.5 Å². The summed E-state index contributed by atoms with van der Waals surface area (Å²) >= 11 is 0. The van der Waals surface area contributed by atoms with Crippen LogP contribution < -0.4 is 14.4 Å². The summed E-state index contributed by atoms with van der Waals surface area (Å²) < 4.78 is 34.4. The molecule has 0 aliphatic rings. The van der Waals surface area contributed by atoms with Crippen LogP contribution in [0.3, 0.4) is 0 Å². The highest BCUT2D eigenvalue weighted by Crippen LogP contribution is 2.26. The maximum absolute atomic E-state index is 14.0. The van der Waals surface area contributed by atoms with Crippen molar-refractivity contribution in [1.82, 2.24) is 10.2 Å². The van der Waals surface area contributed by atoms with Crippen LogP contribution in [0.2, 0.25) is 0 Å². The number of benzene rings is 3. The first kappa shape index (κ1) is 30.7. The highest BCUT2D eigenvalue weighted by Gasteiger charge is 2.33. The van der Waals surface area contributed by atoms with E-state index in [0.29, 0.717) is 31.0 Å². The van der Waals surface area contributed by atoms with Gasteiger partial charge in [-0.3, -0.25) is 13.9 Å². The third-order valence-corrected chi connectivity index (χ3v) is 8.25. The van der Waals surface area contributed by atoms with E-state index in [4.69, 9.17) is 4.74 Å². The number of amides is 2. The van der Waals surface area contributed by atoms with Gasteiger partial charge in [0.05, 0.1) is 17.2 Å². The number of para-hydroxylation sites is 1. The van der Waals surface area contributed by atoms with Crippen molar-refractivity contribution in [2.75, 3.05) is 24.0 Å². The standard InChI is InChI=1S/C31H39N3O5S/c1-4-7-22-32-31(36)29(5-2)33(23-25-14-10-8-11-15-25)30(35)24-34(26-16-12-9-13-17-26)40(37,38)28-20-18-27(19-21-28)39-6-3/h8-21,29H,4-7,22-24H2,1-3H3,(H,32,36)/t29-/m0/s1. The van der Waals surface area contributed by atoms with Gasteiger partial charge in [-0.1, -0.05) is 68.8 Å². The number of nitrogens with zero attached hydrogens (tertiary/aromatic N) is 2. The average Bonchev–Trinajstić information content (AvgIpc) is 2.97. The van der Waals surface area contributed by atoms with Gasteiger partial charge in [-0.15, -0.1) is 0 Å². The van der Waals surface area contributed by atoms with Crippen LogP contribution in [0.5, 0.6) is 5.75 Å². The van der Waals surface area contributed by atoms with Crippen molar-refractivity contribution in [3.8, 4) is 5.75 Å². The van der Waals surface area contributed by atoms with E-state index in [1.54, 1.807) is 42.5 Å². The van der Waals surface area contributed by atoms with Crippen LogP contribution in [0.4, 0.5) is 5.69 Å². The normalized spacial score (nSPS) is 11.9. The Labute approximate surface area is 238 Å². The molecule has 3 aromatic carbocycles. The molecule has 0 aromatic heterocycles. The highest BCUT2D eigenvalue weighted by molar-refractivity contribution is 7.92. The lowest BCUT2D eigenvalue weighted by Crippen LogP contribution is -2.52. The molecule has 0 aliphatic carbocycles. The van der Waals surface area contributed by atoms with Gasteiger partial charge in [0, 0.05) is 13.1 Å². The lowest BCUT2D eigenvalue weighted by Gasteiger charge is -2.33. The summed E-state index contributed by atoms with van der Waals surface area (Å²) in [5.41, 5.74) is 1.20. The minimum atomic E-state index is -4.13. The zero-order valence-electron chi connectivity index (χ0n) is 23.5. The van der Waals surface area contributed by atoms with Crippen LogP contribution in [0.15, 0.2) is 89.8 Å². The minimum absolute atomic E-state index is 0.0339. The van der Waals surface area contributed by atoms with E-state index in [9.17, 15) is 18.0 Å². The fraction of sp³-hybridized carbons (Fsp3) is 0.355. The monoisotopic (exact) mass is 565 g/mol. The van der Waals surface area contributed by atoms with Crippen molar-refractivity contribution in [1.29, 1.82) is 0 Å². The molecule has 1 N–H and O–H groups in total. The molecule has 0 heterocycles. The van der Waals surface area contributed by atoms with Crippen LogP contribution >= 0.6 is 0 Å². The Kier molecular flexibility index (Phi) is 11.6. The number of anilines is 1. The largest absolute Gasteiger partial charge is 0.494 e. The van der Waals surface area contributed by atoms with Crippen molar-refractivity contribution in [2.24, 2.45) is 0 Å². The molecular weight excluding hydrogens is 526 g/mol. The molecule has 0 radical (unpaired) electrons. The Morgan fingerprint density at radius 1 is 0.875 bits per heavy atom. The van der Waals surface area contributed by atoms with Gasteiger partial charge in [-0.25, -0.2) is 8.42 Å². The number of nitrogens with one attached hydrogen (secondary N) is 1. The van der Waals surface area contributed by atoms with Crippen molar-refractivity contribution in [3.05, 3.63) is 90.5 Å². The Morgan fingerprint density at radius 3 is 2.08 bits per heavy atom. The minimum Gasteiger partial charge on any atom is -0.494 e. The Balaban J connectivity index is 1.98. The SMILES string of the molecule is CCCCNC(=O)[C@H](CC)N(Cc1ccccc1)C(=O)CN(c1ccccc1)S(=O)(=O)c1ccc(OCC)cc1. The molecule has 8 nitrogen and oxygen atoms in total. The molecule has 1 atom stereocenters. The van der Waals surface area contributed by atoms with Gasteiger partial charge in [0.2, 0.25) is 11.8 Å². The number of rotatable bonds is 15. The van der Waals surface area contributed by atoms with Crippen LogP contribution in [-0.4, -0.2) is 50.9 Å². The fourth-order valence-corrected chi connectivity index (χ4v) is 5.74. The van der Waals surface area contributed by atoms with E-state index < -0.39 is 28.5 Å². The van der Waals surface area contributed by atoms with Gasteiger partial charge in [-0.05, 0) is 61.7 Å². The number of carbonyl (C=O) groups is 2. The van der Waals surface area contributed by atoms with Crippen molar-refractivity contribution in [3.63, 3.8) is 0 Å².